The topological polar surface area (TPSA) is 84.3 Å². The summed E-state index contributed by atoms with van der Waals surface area (Å²) in [4.78, 5) is 15.1. The molecule has 35 heavy (non-hydrogen) atoms. The Bertz CT molecular complexity index is 1300. The summed E-state index contributed by atoms with van der Waals surface area (Å²) in [5.74, 6) is -0.171. The fourth-order valence-corrected chi connectivity index (χ4v) is 6.98. The molecule has 8 heteroatoms. The minimum Gasteiger partial charge on any atom is -0.347 e. The van der Waals surface area contributed by atoms with E-state index in [-0.39, 0.29) is 29.5 Å². The predicted molar refractivity (Wildman–Crippen MR) is 137 cm³/mol. The molecule has 1 aromatic heterocycles. The van der Waals surface area contributed by atoms with Gasteiger partial charge in [0.15, 0.2) is 9.84 Å². The van der Waals surface area contributed by atoms with E-state index in [9.17, 15) is 13.2 Å². The molecule has 2 saturated heterocycles. The van der Waals surface area contributed by atoms with Gasteiger partial charge in [0, 0.05) is 29.4 Å². The van der Waals surface area contributed by atoms with Gasteiger partial charge in [-0.15, -0.1) is 0 Å². The molecule has 2 aliphatic rings. The van der Waals surface area contributed by atoms with Crippen LogP contribution >= 0.6 is 0 Å². The van der Waals surface area contributed by atoms with E-state index in [1.807, 2.05) is 59.4 Å². The third-order valence-corrected chi connectivity index (χ3v) is 8.42. The number of amides is 1. The van der Waals surface area contributed by atoms with Gasteiger partial charge in [0.25, 0.3) is 0 Å². The maximum absolute atomic E-state index is 12.9. The van der Waals surface area contributed by atoms with Gasteiger partial charge in [0.05, 0.1) is 29.8 Å². The highest BCUT2D eigenvalue weighted by Gasteiger charge is 2.42. The van der Waals surface area contributed by atoms with E-state index in [0.29, 0.717) is 6.54 Å². The summed E-state index contributed by atoms with van der Waals surface area (Å²) in [6.45, 7) is 2.41. The Balaban J connectivity index is 1.35. The zero-order valence-corrected chi connectivity index (χ0v) is 20.4. The van der Waals surface area contributed by atoms with Crippen LogP contribution in [-0.4, -0.2) is 65.7 Å². The molecule has 182 valence electrons. The average molecular weight is 491 g/mol. The Labute approximate surface area is 206 Å². The van der Waals surface area contributed by atoms with Gasteiger partial charge >= 0.3 is 0 Å². The molecule has 0 bridgehead atoms. The highest BCUT2D eigenvalue weighted by molar-refractivity contribution is 7.91. The first-order valence-electron chi connectivity index (χ1n) is 12.1. The van der Waals surface area contributed by atoms with Crippen LogP contribution < -0.4 is 5.32 Å². The smallest absolute Gasteiger partial charge is 0.244 e. The molecule has 2 atom stereocenters. The van der Waals surface area contributed by atoms with E-state index in [2.05, 4.69) is 22.3 Å². The standard InChI is InChI=1S/C27H30N4O3S/c32-26(28-24-19-35(33,34)20-25(24)30-15-7-8-16-30)14-13-23-18-31(17-21-9-3-1-4-10-21)29-27(23)22-11-5-2-6-12-22/h1-6,9-14,18,24-25H,7-8,15-17,19-20H2,(H,28,32)/b14-13+. The van der Waals surface area contributed by atoms with Gasteiger partial charge in [-0.05, 0) is 37.6 Å². The van der Waals surface area contributed by atoms with E-state index < -0.39 is 9.84 Å². The molecular weight excluding hydrogens is 460 g/mol. The number of hydrogen-bond acceptors (Lipinski definition) is 5. The van der Waals surface area contributed by atoms with Crippen molar-refractivity contribution in [3.63, 3.8) is 0 Å². The Morgan fingerprint density at radius 1 is 1.00 bits per heavy atom. The van der Waals surface area contributed by atoms with E-state index in [1.54, 1.807) is 6.08 Å². The molecule has 5 rings (SSSR count). The minimum atomic E-state index is -3.16. The molecule has 0 spiro atoms. The number of likely N-dealkylation sites (tertiary alicyclic amines) is 1. The van der Waals surface area contributed by atoms with Gasteiger partial charge in [-0.2, -0.15) is 5.10 Å². The lowest BCUT2D eigenvalue weighted by molar-refractivity contribution is -0.117. The lowest BCUT2D eigenvalue weighted by Crippen LogP contribution is -2.49. The molecule has 3 heterocycles. The Morgan fingerprint density at radius 2 is 1.69 bits per heavy atom. The van der Waals surface area contributed by atoms with Crippen LogP contribution in [0.4, 0.5) is 0 Å². The van der Waals surface area contributed by atoms with Gasteiger partial charge in [-0.25, -0.2) is 8.42 Å². The van der Waals surface area contributed by atoms with E-state index >= 15 is 0 Å². The third kappa shape index (κ3) is 5.71. The second-order valence-corrected chi connectivity index (χ2v) is 11.5. The van der Waals surface area contributed by atoms with Gasteiger partial charge in [0.2, 0.25) is 5.91 Å². The number of nitrogens with one attached hydrogen (secondary N) is 1. The fourth-order valence-electron chi connectivity index (χ4n) is 5.03. The third-order valence-electron chi connectivity index (χ3n) is 6.70. The van der Waals surface area contributed by atoms with Crippen LogP contribution in [0.3, 0.4) is 0 Å². The van der Waals surface area contributed by atoms with Crippen molar-refractivity contribution < 1.29 is 13.2 Å². The molecule has 2 aliphatic heterocycles. The normalized spacial score (nSPS) is 22.1. The van der Waals surface area contributed by atoms with Crippen molar-refractivity contribution in [2.24, 2.45) is 0 Å². The van der Waals surface area contributed by atoms with Crippen molar-refractivity contribution >= 4 is 21.8 Å². The molecule has 2 unspecified atom stereocenters. The van der Waals surface area contributed by atoms with Crippen molar-refractivity contribution in [2.45, 2.75) is 31.5 Å². The molecule has 0 aliphatic carbocycles. The number of nitrogens with zero attached hydrogens (tertiary/aromatic N) is 3. The lowest BCUT2D eigenvalue weighted by atomic mass is 10.1. The molecule has 2 aromatic carbocycles. The Morgan fingerprint density at radius 3 is 2.40 bits per heavy atom. The quantitative estimate of drug-likeness (QED) is 0.515. The highest BCUT2D eigenvalue weighted by Crippen LogP contribution is 2.25. The van der Waals surface area contributed by atoms with E-state index in [4.69, 9.17) is 5.10 Å². The summed E-state index contributed by atoms with van der Waals surface area (Å²) < 4.78 is 26.5. The lowest BCUT2D eigenvalue weighted by Gasteiger charge is -2.28. The second kappa shape index (κ2) is 10.2. The molecule has 0 saturated carbocycles. The van der Waals surface area contributed by atoms with Crippen molar-refractivity contribution in [3.8, 4) is 11.3 Å². The number of rotatable bonds is 7. The van der Waals surface area contributed by atoms with Crippen molar-refractivity contribution in [2.75, 3.05) is 24.6 Å². The van der Waals surface area contributed by atoms with Crippen LogP contribution in [-0.2, 0) is 21.2 Å². The Hall–Kier alpha value is -3.23. The summed E-state index contributed by atoms with van der Waals surface area (Å²) in [6.07, 6.45) is 7.34. The summed E-state index contributed by atoms with van der Waals surface area (Å²) in [5, 5.41) is 7.75. The zero-order valence-electron chi connectivity index (χ0n) is 19.6. The first kappa shape index (κ1) is 23.5. The number of aromatic nitrogens is 2. The molecule has 1 amide bonds. The number of hydrogen-bond donors (Lipinski definition) is 1. The van der Waals surface area contributed by atoms with Crippen molar-refractivity contribution in [1.82, 2.24) is 20.0 Å². The number of carbonyl (C=O) groups excluding carboxylic acids is 1. The van der Waals surface area contributed by atoms with Gasteiger partial charge in [-0.1, -0.05) is 60.7 Å². The summed E-state index contributed by atoms with van der Waals surface area (Å²) in [7, 11) is -3.16. The van der Waals surface area contributed by atoms with Gasteiger partial charge in [-0.3, -0.25) is 14.4 Å². The largest absolute Gasteiger partial charge is 0.347 e. The maximum atomic E-state index is 12.9. The SMILES string of the molecule is O=C(/C=C/c1cn(Cc2ccccc2)nc1-c1ccccc1)NC1CS(=O)(=O)CC1N1CCCC1. The second-order valence-electron chi connectivity index (χ2n) is 9.32. The summed E-state index contributed by atoms with van der Waals surface area (Å²) >= 11 is 0. The zero-order chi connectivity index (χ0) is 24.3. The van der Waals surface area contributed by atoms with E-state index in [0.717, 1.165) is 48.3 Å². The van der Waals surface area contributed by atoms with Crippen LogP contribution in [0.5, 0.6) is 0 Å². The molecular formula is C27H30N4O3S. The van der Waals surface area contributed by atoms with Crippen LogP contribution in [0.25, 0.3) is 17.3 Å². The monoisotopic (exact) mass is 490 g/mol. The summed E-state index contributed by atoms with van der Waals surface area (Å²) in [5.41, 5.74) is 3.73. The van der Waals surface area contributed by atoms with Crippen LogP contribution in [0.2, 0.25) is 0 Å². The number of benzene rings is 2. The Kier molecular flexibility index (Phi) is 6.83. The average Bonchev–Trinajstić information content (AvgIpc) is 3.58. The predicted octanol–water partition coefficient (Wildman–Crippen LogP) is 2.99. The van der Waals surface area contributed by atoms with Crippen LogP contribution in [0.1, 0.15) is 24.0 Å². The molecule has 3 aromatic rings. The van der Waals surface area contributed by atoms with Crippen LogP contribution in [0.15, 0.2) is 72.9 Å². The minimum absolute atomic E-state index is 0.00196. The molecule has 2 fully saturated rings. The first-order valence-corrected chi connectivity index (χ1v) is 13.9. The maximum Gasteiger partial charge on any atom is 0.244 e. The van der Waals surface area contributed by atoms with Crippen molar-refractivity contribution in [1.29, 1.82) is 0 Å². The van der Waals surface area contributed by atoms with Crippen LogP contribution in [0, 0.1) is 0 Å². The molecule has 7 nitrogen and oxygen atoms in total. The molecule has 1 N–H and O–H groups in total. The fraction of sp³-hybridized carbons (Fsp3) is 0.333. The summed E-state index contributed by atoms with van der Waals surface area (Å²) in [6, 6.07) is 19.4. The van der Waals surface area contributed by atoms with Crippen molar-refractivity contribution in [3.05, 3.63) is 84.1 Å². The van der Waals surface area contributed by atoms with E-state index in [1.165, 1.54) is 6.08 Å². The number of sulfone groups is 1. The first-order chi connectivity index (χ1) is 17.0. The van der Waals surface area contributed by atoms with Gasteiger partial charge in [0.1, 0.15) is 0 Å². The van der Waals surface area contributed by atoms with Gasteiger partial charge < -0.3 is 5.32 Å². The number of carbonyl (C=O) groups is 1. The molecule has 0 radical (unpaired) electrons. The highest BCUT2D eigenvalue weighted by atomic mass is 32.2.